The molecule has 5 nitrogen and oxygen atoms in total. The molecule has 0 unspecified atom stereocenters. The zero-order chi connectivity index (χ0) is 16.2. The Morgan fingerprint density at radius 3 is 2.64 bits per heavy atom. The molecule has 0 aromatic carbocycles. The van der Waals surface area contributed by atoms with Gasteiger partial charge in [0.1, 0.15) is 5.60 Å². The second-order valence-corrected chi connectivity index (χ2v) is 6.69. The van der Waals surface area contributed by atoms with Crippen LogP contribution >= 0.6 is 11.3 Å². The molecule has 6 heteroatoms. The Morgan fingerprint density at radius 1 is 1.36 bits per heavy atom. The first-order valence-corrected chi connectivity index (χ1v) is 8.00. The summed E-state index contributed by atoms with van der Waals surface area (Å²) in [6.07, 6.45) is 1.26. The standard InChI is InChI=1S/C16H21N3O2S/c1-16(2,3)21-15(20)19(10-12-6-7-22-11-12)14-5-4-13(8-17)18-9-14/h4-7,9,11H,8,10,17H2,1-3H3. The van der Waals surface area contributed by atoms with Crippen molar-refractivity contribution in [2.75, 3.05) is 4.90 Å². The smallest absolute Gasteiger partial charge is 0.415 e. The summed E-state index contributed by atoms with van der Waals surface area (Å²) >= 11 is 1.60. The molecule has 0 aliphatic heterocycles. The van der Waals surface area contributed by atoms with E-state index in [1.807, 2.05) is 49.7 Å². The van der Waals surface area contributed by atoms with Gasteiger partial charge in [-0.2, -0.15) is 11.3 Å². The van der Waals surface area contributed by atoms with E-state index in [-0.39, 0.29) is 6.09 Å². The highest BCUT2D eigenvalue weighted by molar-refractivity contribution is 7.07. The minimum Gasteiger partial charge on any atom is -0.443 e. The summed E-state index contributed by atoms with van der Waals surface area (Å²) in [5.41, 5.74) is 7.54. The summed E-state index contributed by atoms with van der Waals surface area (Å²) in [7, 11) is 0. The summed E-state index contributed by atoms with van der Waals surface area (Å²) in [5.74, 6) is 0. The Morgan fingerprint density at radius 2 is 2.14 bits per heavy atom. The van der Waals surface area contributed by atoms with Gasteiger partial charge >= 0.3 is 6.09 Å². The number of anilines is 1. The second kappa shape index (κ2) is 6.89. The number of rotatable bonds is 4. The molecule has 0 radical (unpaired) electrons. The number of carbonyl (C=O) groups excluding carboxylic acids is 1. The second-order valence-electron chi connectivity index (χ2n) is 5.91. The van der Waals surface area contributed by atoms with Crippen LogP contribution in [0.2, 0.25) is 0 Å². The maximum absolute atomic E-state index is 12.5. The van der Waals surface area contributed by atoms with E-state index >= 15 is 0 Å². The van der Waals surface area contributed by atoms with Crippen LogP contribution in [0.5, 0.6) is 0 Å². The molecule has 22 heavy (non-hydrogen) atoms. The van der Waals surface area contributed by atoms with Crippen LogP contribution in [-0.4, -0.2) is 16.7 Å². The monoisotopic (exact) mass is 319 g/mol. The van der Waals surface area contributed by atoms with Crippen LogP contribution in [0.1, 0.15) is 32.0 Å². The van der Waals surface area contributed by atoms with Gasteiger partial charge in [0.05, 0.1) is 24.1 Å². The number of hydrogen-bond donors (Lipinski definition) is 1. The van der Waals surface area contributed by atoms with E-state index in [9.17, 15) is 4.79 Å². The first-order valence-electron chi connectivity index (χ1n) is 7.05. The third-order valence-corrected chi connectivity index (χ3v) is 3.60. The lowest BCUT2D eigenvalue weighted by molar-refractivity contribution is 0.0577. The van der Waals surface area contributed by atoms with Gasteiger partial charge in [0.25, 0.3) is 0 Å². The Hall–Kier alpha value is -1.92. The number of ether oxygens (including phenoxy) is 1. The van der Waals surface area contributed by atoms with Crippen molar-refractivity contribution < 1.29 is 9.53 Å². The van der Waals surface area contributed by atoms with Crippen molar-refractivity contribution in [3.8, 4) is 0 Å². The summed E-state index contributed by atoms with van der Waals surface area (Å²) in [6, 6.07) is 5.65. The van der Waals surface area contributed by atoms with Crippen molar-refractivity contribution in [1.29, 1.82) is 0 Å². The van der Waals surface area contributed by atoms with E-state index in [0.717, 1.165) is 11.3 Å². The van der Waals surface area contributed by atoms with E-state index in [1.54, 1.807) is 22.4 Å². The highest BCUT2D eigenvalue weighted by Gasteiger charge is 2.24. The highest BCUT2D eigenvalue weighted by atomic mass is 32.1. The third kappa shape index (κ3) is 4.54. The van der Waals surface area contributed by atoms with Crippen LogP contribution < -0.4 is 10.6 Å². The molecule has 0 bridgehead atoms. The molecule has 2 N–H and O–H groups in total. The summed E-state index contributed by atoms with van der Waals surface area (Å²) < 4.78 is 5.50. The molecular formula is C16H21N3O2S. The highest BCUT2D eigenvalue weighted by Crippen LogP contribution is 2.21. The largest absolute Gasteiger partial charge is 0.443 e. The van der Waals surface area contributed by atoms with Crippen molar-refractivity contribution in [3.05, 3.63) is 46.4 Å². The predicted octanol–water partition coefficient (Wildman–Crippen LogP) is 3.54. The maximum Gasteiger partial charge on any atom is 0.415 e. The molecule has 0 saturated heterocycles. The molecule has 0 aliphatic rings. The Bertz CT molecular complexity index is 603. The zero-order valence-electron chi connectivity index (χ0n) is 13.1. The fourth-order valence-corrected chi connectivity index (χ4v) is 2.50. The van der Waals surface area contributed by atoms with Crippen LogP contribution in [0.25, 0.3) is 0 Å². The summed E-state index contributed by atoms with van der Waals surface area (Å²) in [5, 5.41) is 4.00. The normalized spacial score (nSPS) is 11.3. The van der Waals surface area contributed by atoms with Crippen molar-refractivity contribution in [2.24, 2.45) is 5.73 Å². The minimum atomic E-state index is -0.547. The van der Waals surface area contributed by atoms with Gasteiger partial charge in [-0.15, -0.1) is 0 Å². The van der Waals surface area contributed by atoms with Gasteiger partial charge in [0, 0.05) is 6.54 Å². The zero-order valence-corrected chi connectivity index (χ0v) is 13.9. The molecule has 2 aromatic rings. The topological polar surface area (TPSA) is 68.5 Å². The van der Waals surface area contributed by atoms with E-state index in [0.29, 0.717) is 18.8 Å². The lowest BCUT2D eigenvalue weighted by atomic mass is 10.2. The Labute approximate surface area is 134 Å². The number of carbonyl (C=O) groups is 1. The van der Waals surface area contributed by atoms with Gasteiger partial charge < -0.3 is 10.5 Å². The third-order valence-electron chi connectivity index (χ3n) is 2.86. The fourth-order valence-electron chi connectivity index (χ4n) is 1.84. The van der Waals surface area contributed by atoms with Crippen molar-refractivity contribution in [3.63, 3.8) is 0 Å². The number of aromatic nitrogens is 1. The number of amides is 1. The van der Waals surface area contributed by atoms with E-state index in [2.05, 4.69) is 4.98 Å². The molecule has 0 atom stereocenters. The first kappa shape index (κ1) is 16.5. The van der Waals surface area contributed by atoms with Crippen LogP contribution in [0.4, 0.5) is 10.5 Å². The molecule has 118 valence electrons. The molecule has 0 spiro atoms. The number of nitrogens with zero attached hydrogens (tertiary/aromatic N) is 2. The first-order chi connectivity index (χ1) is 10.4. The summed E-state index contributed by atoms with van der Waals surface area (Å²) in [4.78, 5) is 18.3. The van der Waals surface area contributed by atoms with Crippen molar-refractivity contribution in [1.82, 2.24) is 4.98 Å². The number of thiophene rings is 1. The summed E-state index contributed by atoms with van der Waals surface area (Å²) in [6.45, 7) is 6.37. The van der Waals surface area contributed by atoms with Gasteiger partial charge in [0.2, 0.25) is 0 Å². The molecule has 0 saturated carbocycles. The molecule has 2 rings (SSSR count). The van der Waals surface area contributed by atoms with E-state index in [1.165, 1.54) is 0 Å². The average Bonchev–Trinajstić information content (AvgIpc) is 2.96. The van der Waals surface area contributed by atoms with Crippen LogP contribution in [-0.2, 0) is 17.8 Å². The van der Waals surface area contributed by atoms with Gasteiger partial charge in [-0.25, -0.2) is 4.79 Å². The molecule has 0 aliphatic carbocycles. The number of pyridine rings is 1. The van der Waals surface area contributed by atoms with E-state index < -0.39 is 5.60 Å². The lowest BCUT2D eigenvalue weighted by Crippen LogP contribution is -2.36. The lowest BCUT2D eigenvalue weighted by Gasteiger charge is -2.27. The van der Waals surface area contributed by atoms with Gasteiger partial charge in [-0.3, -0.25) is 9.88 Å². The van der Waals surface area contributed by atoms with Crippen LogP contribution in [0.15, 0.2) is 35.2 Å². The van der Waals surface area contributed by atoms with Gasteiger partial charge in [-0.1, -0.05) is 0 Å². The van der Waals surface area contributed by atoms with Crippen molar-refractivity contribution >= 4 is 23.1 Å². The van der Waals surface area contributed by atoms with Crippen LogP contribution in [0, 0.1) is 0 Å². The molecule has 2 heterocycles. The SMILES string of the molecule is CC(C)(C)OC(=O)N(Cc1ccsc1)c1ccc(CN)nc1. The minimum absolute atomic E-state index is 0.372. The van der Waals surface area contributed by atoms with Gasteiger partial charge in [-0.05, 0) is 55.3 Å². The number of nitrogens with two attached hydrogens (primary N) is 1. The quantitative estimate of drug-likeness (QED) is 0.936. The molecule has 2 aromatic heterocycles. The van der Waals surface area contributed by atoms with E-state index in [4.69, 9.17) is 10.5 Å². The maximum atomic E-state index is 12.5. The Kier molecular flexibility index (Phi) is 5.15. The van der Waals surface area contributed by atoms with Crippen LogP contribution in [0.3, 0.4) is 0 Å². The number of hydrogen-bond acceptors (Lipinski definition) is 5. The predicted molar refractivity (Wildman–Crippen MR) is 88.9 cm³/mol. The molecular weight excluding hydrogens is 298 g/mol. The fraction of sp³-hybridized carbons (Fsp3) is 0.375. The molecule has 1 amide bonds. The van der Waals surface area contributed by atoms with Crippen molar-refractivity contribution in [2.45, 2.75) is 39.5 Å². The average molecular weight is 319 g/mol. The van der Waals surface area contributed by atoms with Gasteiger partial charge in [0.15, 0.2) is 0 Å². The Balaban J connectivity index is 2.25. The molecule has 0 fully saturated rings.